The van der Waals surface area contributed by atoms with Gasteiger partial charge in [0.1, 0.15) is 0 Å². The lowest BCUT2D eigenvalue weighted by Gasteiger charge is -1.98. The van der Waals surface area contributed by atoms with E-state index in [0.29, 0.717) is 5.82 Å². The summed E-state index contributed by atoms with van der Waals surface area (Å²) in [5, 5.41) is -0.562. The van der Waals surface area contributed by atoms with Crippen molar-refractivity contribution in [3.63, 3.8) is 0 Å². The predicted molar refractivity (Wildman–Crippen MR) is 55.4 cm³/mol. The molecule has 2 rings (SSSR count). The number of hydrogen-bond donors (Lipinski definition) is 0. The van der Waals surface area contributed by atoms with Crippen LogP contribution >= 0.6 is 11.6 Å². The molecule has 0 radical (unpaired) electrons. The zero-order valence-corrected chi connectivity index (χ0v) is 8.35. The topological polar surface area (TPSA) is 55.7 Å². The van der Waals surface area contributed by atoms with Gasteiger partial charge in [0.25, 0.3) is 5.24 Å². The second kappa shape index (κ2) is 4.14. The molecule has 0 saturated heterocycles. The predicted octanol–water partition coefficient (Wildman–Crippen LogP) is 1.92. The summed E-state index contributed by atoms with van der Waals surface area (Å²) < 4.78 is 0. The Kier molecular flexibility index (Phi) is 2.69. The molecule has 4 nitrogen and oxygen atoms in total. The Labute approximate surface area is 91.0 Å². The fraction of sp³-hybridized carbons (Fsp3) is 0. The first kappa shape index (κ1) is 9.73. The molecule has 0 amide bonds. The van der Waals surface area contributed by atoms with E-state index >= 15 is 0 Å². The number of carbonyl (C=O) groups is 1. The molecule has 0 spiro atoms. The van der Waals surface area contributed by atoms with Crippen molar-refractivity contribution in [3.05, 3.63) is 42.5 Å². The average Bonchev–Trinajstić information content (AvgIpc) is 2.30. The van der Waals surface area contributed by atoms with E-state index in [1.165, 1.54) is 12.4 Å². The highest BCUT2D eigenvalue weighted by Gasteiger charge is 2.04. The lowest BCUT2D eigenvalue weighted by Crippen LogP contribution is -1.95. The molecule has 0 aliphatic heterocycles. The molecule has 15 heavy (non-hydrogen) atoms. The van der Waals surface area contributed by atoms with Crippen molar-refractivity contribution in [1.82, 2.24) is 15.0 Å². The van der Waals surface area contributed by atoms with E-state index in [-0.39, 0.29) is 5.56 Å². The second-order valence-electron chi connectivity index (χ2n) is 2.81. The largest absolute Gasteiger partial charge is 0.275 e. The van der Waals surface area contributed by atoms with E-state index < -0.39 is 5.24 Å². The number of nitrogens with zero attached hydrogens (tertiary/aromatic N) is 3. The molecular weight excluding hydrogens is 214 g/mol. The summed E-state index contributed by atoms with van der Waals surface area (Å²) in [5.74, 6) is 0.518. The molecule has 2 aromatic rings. The summed E-state index contributed by atoms with van der Waals surface area (Å²) in [6.07, 6.45) is 6.10. The maximum absolute atomic E-state index is 10.8. The summed E-state index contributed by atoms with van der Waals surface area (Å²) in [6.45, 7) is 0. The maximum atomic E-state index is 10.8. The van der Waals surface area contributed by atoms with E-state index in [0.717, 1.165) is 5.56 Å². The van der Waals surface area contributed by atoms with Crippen LogP contribution in [0.5, 0.6) is 0 Å². The molecule has 0 aliphatic carbocycles. The van der Waals surface area contributed by atoms with Gasteiger partial charge in [0.15, 0.2) is 5.82 Å². The summed E-state index contributed by atoms with van der Waals surface area (Å²) in [5.41, 5.74) is 1.08. The highest BCUT2D eigenvalue weighted by Crippen LogP contribution is 2.12. The Bertz CT molecular complexity index is 470. The molecule has 0 bridgehead atoms. The van der Waals surface area contributed by atoms with Crippen LogP contribution in [0.4, 0.5) is 0 Å². The van der Waals surface area contributed by atoms with Gasteiger partial charge in [-0.3, -0.25) is 9.78 Å². The minimum absolute atomic E-state index is 0.282. The van der Waals surface area contributed by atoms with Crippen molar-refractivity contribution in [2.45, 2.75) is 0 Å². The van der Waals surface area contributed by atoms with Crippen LogP contribution in [-0.2, 0) is 0 Å². The number of hydrogen-bond acceptors (Lipinski definition) is 4. The molecule has 5 heteroatoms. The third-order valence-electron chi connectivity index (χ3n) is 1.80. The van der Waals surface area contributed by atoms with Crippen LogP contribution in [0.15, 0.2) is 36.9 Å². The number of aromatic nitrogens is 3. The number of rotatable bonds is 2. The van der Waals surface area contributed by atoms with Crippen molar-refractivity contribution in [2.24, 2.45) is 0 Å². The van der Waals surface area contributed by atoms with Crippen LogP contribution in [0.1, 0.15) is 10.4 Å². The van der Waals surface area contributed by atoms with Crippen LogP contribution in [0, 0.1) is 0 Å². The summed E-state index contributed by atoms with van der Waals surface area (Å²) in [4.78, 5) is 22.7. The molecule has 74 valence electrons. The van der Waals surface area contributed by atoms with E-state index in [1.54, 1.807) is 18.5 Å². The molecule has 0 saturated carbocycles. The van der Waals surface area contributed by atoms with Gasteiger partial charge in [0.2, 0.25) is 0 Å². The van der Waals surface area contributed by atoms with Crippen molar-refractivity contribution < 1.29 is 4.79 Å². The number of halogens is 1. The van der Waals surface area contributed by atoms with E-state index in [4.69, 9.17) is 11.6 Å². The Hall–Kier alpha value is -1.81. The third-order valence-corrected chi connectivity index (χ3v) is 2.02. The van der Waals surface area contributed by atoms with E-state index in [1.807, 2.05) is 6.07 Å². The summed E-state index contributed by atoms with van der Waals surface area (Å²) >= 11 is 5.27. The smallest absolute Gasteiger partial charge is 0.255 e. The van der Waals surface area contributed by atoms with Gasteiger partial charge in [-0.15, -0.1) is 0 Å². The fourth-order valence-electron chi connectivity index (χ4n) is 1.07. The molecule has 2 aromatic heterocycles. The van der Waals surface area contributed by atoms with Crippen LogP contribution in [0.2, 0.25) is 0 Å². The van der Waals surface area contributed by atoms with E-state index in [9.17, 15) is 4.79 Å². The van der Waals surface area contributed by atoms with Crippen molar-refractivity contribution in [3.8, 4) is 11.4 Å². The van der Waals surface area contributed by atoms with Crippen LogP contribution in [-0.4, -0.2) is 20.2 Å². The fourth-order valence-corrected chi connectivity index (χ4v) is 1.17. The first-order valence-corrected chi connectivity index (χ1v) is 4.57. The summed E-state index contributed by atoms with van der Waals surface area (Å²) in [6, 6.07) is 3.63. The Morgan fingerprint density at radius 2 is 1.93 bits per heavy atom. The number of pyridine rings is 1. The van der Waals surface area contributed by atoms with Gasteiger partial charge < -0.3 is 0 Å². The Morgan fingerprint density at radius 3 is 2.47 bits per heavy atom. The van der Waals surface area contributed by atoms with Gasteiger partial charge in [0.05, 0.1) is 5.56 Å². The second-order valence-corrected chi connectivity index (χ2v) is 3.15. The zero-order valence-electron chi connectivity index (χ0n) is 7.59. The SMILES string of the molecule is O=C(Cl)c1cnc(-c2cccnc2)nc1. The first-order valence-electron chi connectivity index (χ1n) is 4.19. The van der Waals surface area contributed by atoms with Gasteiger partial charge in [-0.25, -0.2) is 9.97 Å². The third kappa shape index (κ3) is 2.16. The molecule has 0 aromatic carbocycles. The molecule has 0 aliphatic rings. The average molecular weight is 220 g/mol. The Balaban J connectivity index is 2.36. The standard InChI is InChI=1S/C10H6ClN3O/c11-9(15)8-5-13-10(14-6-8)7-2-1-3-12-4-7/h1-6H. The molecule has 0 fully saturated rings. The lowest BCUT2D eigenvalue weighted by atomic mass is 10.2. The molecule has 0 unspecified atom stereocenters. The van der Waals surface area contributed by atoms with Crippen molar-refractivity contribution in [1.29, 1.82) is 0 Å². The molecular formula is C10H6ClN3O. The van der Waals surface area contributed by atoms with Crippen LogP contribution < -0.4 is 0 Å². The van der Waals surface area contributed by atoms with Crippen LogP contribution in [0.3, 0.4) is 0 Å². The maximum Gasteiger partial charge on any atom is 0.255 e. The molecule has 2 heterocycles. The highest BCUT2D eigenvalue weighted by molar-refractivity contribution is 6.67. The van der Waals surface area contributed by atoms with Gasteiger partial charge in [-0.2, -0.15) is 0 Å². The van der Waals surface area contributed by atoms with E-state index in [2.05, 4.69) is 15.0 Å². The van der Waals surface area contributed by atoms with Crippen LogP contribution in [0.25, 0.3) is 11.4 Å². The Morgan fingerprint density at radius 1 is 1.20 bits per heavy atom. The quantitative estimate of drug-likeness (QED) is 0.724. The first-order chi connectivity index (χ1) is 7.27. The van der Waals surface area contributed by atoms with Crippen molar-refractivity contribution >= 4 is 16.8 Å². The van der Waals surface area contributed by atoms with Gasteiger partial charge >= 0.3 is 0 Å². The normalized spacial score (nSPS) is 9.93. The van der Waals surface area contributed by atoms with Gasteiger partial charge in [0, 0.05) is 30.4 Å². The van der Waals surface area contributed by atoms with Crippen molar-refractivity contribution in [2.75, 3.05) is 0 Å². The minimum atomic E-state index is -0.562. The molecule has 0 atom stereocenters. The number of carbonyl (C=O) groups excluding carboxylic acids is 1. The lowest BCUT2D eigenvalue weighted by molar-refractivity contribution is 0.108. The monoisotopic (exact) mass is 219 g/mol. The van der Waals surface area contributed by atoms with Gasteiger partial charge in [-0.1, -0.05) is 0 Å². The molecule has 0 N–H and O–H groups in total. The van der Waals surface area contributed by atoms with Gasteiger partial charge in [-0.05, 0) is 23.7 Å². The zero-order chi connectivity index (χ0) is 10.7. The summed E-state index contributed by atoms with van der Waals surface area (Å²) in [7, 11) is 0. The minimum Gasteiger partial charge on any atom is -0.275 e. The highest BCUT2D eigenvalue weighted by atomic mass is 35.5.